The maximum atomic E-state index is 10.4. The van der Waals surface area contributed by atoms with Crippen molar-refractivity contribution in [2.24, 2.45) is 5.73 Å². The SMILES string of the molecule is NC(=O)c1[nH][14cH]nc1N. The van der Waals surface area contributed by atoms with Crippen LogP contribution < -0.4 is 11.5 Å². The molecule has 1 aromatic rings. The van der Waals surface area contributed by atoms with E-state index in [9.17, 15) is 4.79 Å². The molecule has 1 rings (SSSR count). The number of aromatic amines is 1. The van der Waals surface area contributed by atoms with Crippen LogP contribution in [0.3, 0.4) is 0 Å². The lowest BCUT2D eigenvalue weighted by Crippen LogP contribution is -2.13. The van der Waals surface area contributed by atoms with Gasteiger partial charge in [0, 0.05) is 0 Å². The van der Waals surface area contributed by atoms with E-state index in [0.29, 0.717) is 0 Å². The van der Waals surface area contributed by atoms with Gasteiger partial charge in [-0.15, -0.1) is 0 Å². The fraction of sp³-hybridized carbons (Fsp3) is 0. The summed E-state index contributed by atoms with van der Waals surface area (Å²) in [6, 6.07) is 0. The molecular formula is C4H6N4O. The summed E-state index contributed by atoms with van der Waals surface area (Å²) in [5.41, 5.74) is 10.2. The molecule has 5 N–H and O–H groups in total. The van der Waals surface area contributed by atoms with Crippen molar-refractivity contribution in [1.29, 1.82) is 0 Å². The highest BCUT2D eigenvalue weighted by Crippen LogP contribution is 2.00. The van der Waals surface area contributed by atoms with Crippen molar-refractivity contribution >= 4 is 11.7 Å². The monoisotopic (exact) mass is 128 g/mol. The van der Waals surface area contributed by atoms with Gasteiger partial charge in [0.15, 0.2) is 5.82 Å². The summed E-state index contributed by atoms with van der Waals surface area (Å²) >= 11 is 0. The molecule has 48 valence electrons. The highest BCUT2D eigenvalue weighted by Gasteiger charge is 2.05. The molecule has 0 atom stereocenters. The third kappa shape index (κ3) is 0.835. The number of amides is 1. The van der Waals surface area contributed by atoms with Crippen molar-refractivity contribution < 1.29 is 4.79 Å². The Hall–Kier alpha value is -1.52. The number of nitrogens with two attached hydrogens (primary N) is 2. The number of hydrogen-bond acceptors (Lipinski definition) is 3. The number of aromatic nitrogens is 2. The molecular weight excluding hydrogens is 122 g/mol. The predicted molar refractivity (Wildman–Crippen MR) is 31.5 cm³/mol. The van der Waals surface area contributed by atoms with E-state index < -0.39 is 5.91 Å². The Kier molecular flexibility index (Phi) is 1.11. The number of nitrogen functional groups attached to an aromatic ring is 1. The molecule has 0 saturated heterocycles. The van der Waals surface area contributed by atoms with Gasteiger partial charge in [-0.1, -0.05) is 0 Å². The molecule has 0 saturated carbocycles. The summed E-state index contributed by atoms with van der Waals surface area (Å²) in [7, 11) is 0. The largest absolute Gasteiger partial charge is 0.382 e. The molecule has 0 radical (unpaired) electrons. The average molecular weight is 128 g/mol. The number of nitrogens with one attached hydrogen (secondary N) is 1. The summed E-state index contributed by atoms with van der Waals surface area (Å²) in [6.07, 6.45) is 1.31. The second-order valence-electron chi connectivity index (χ2n) is 1.53. The van der Waals surface area contributed by atoms with E-state index in [1.165, 1.54) is 6.33 Å². The second-order valence-corrected chi connectivity index (χ2v) is 1.53. The second kappa shape index (κ2) is 1.77. The van der Waals surface area contributed by atoms with Gasteiger partial charge in [-0.25, -0.2) is 4.98 Å². The van der Waals surface area contributed by atoms with Crippen LogP contribution in [-0.2, 0) is 0 Å². The summed E-state index contributed by atoms with van der Waals surface area (Å²) < 4.78 is 0. The molecule has 0 aromatic carbocycles. The van der Waals surface area contributed by atoms with Crippen molar-refractivity contribution in [3.8, 4) is 0 Å². The fourth-order valence-corrected chi connectivity index (χ4v) is 0.502. The summed E-state index contributed by atoms with van der Waals surface area (Å²) in [6.45, 7) is 0. The molecule has 0 aliphatic heterocycles. The maximum absolute atomic E-state index is 10.4. The first-order valence-corrected chi connectivity index (χ1v) is 2.30. The lowest BCUT2D eigenvalue weighted by atomic mass is 10.4. The van der Waals surface area contributed by atoms with Crippen molar-refractivity contribution in [2.45, 2.75) is 0 Å². The first-order chi connectivity index (χ1) is 4.22. The third-order valence-electron chi connectivity index (χ3n) is 0.915. The number of hydrogen-bond donors (Lipinski definition) is 3. The molecule has 0 aliphatic carbocycles. The van der Waals surface area contributed by atoms with Gasteiger partial charge < -0.3 is 16.5 Å². The minimum Gasteiger partial charge on any atom is -0.382 e. The van der Waals surface area contributed by atoms with Crippen molar-refractivity contribution in [3.63, 3.8) is 0 Å². The summed E-state index contributed by atoms with van der Waals surface area (Å²) in [5, 5.41) is 0. The lowest BCUT2D eigenvalue weighted by Gasteiger charge is -1.87. The molecule has 0 spiro atoms. The Morgan fingerprint density at radius 2 is 2.44 bits per heavy atom. The van der Waals surface area contributed by atoms with Gasteiger partial charge >= 0.3 is 0 Å². The Balaban J connectivity index is 3.08. The zero-order valence-electron chi connectivity index (χ0n) is 4.59. The minimum absolute atomic E-state index is 0.141. The average Bonchev–Trinajstić information content (AvgIpc) is 2.13. The van der Waals surface area contributed by atoms with Crippen LogP contribution in [-0.4, -0.2) is 15.9 Å². The predicted octanol–water partition coefficient (Wildman–Crippen LogP) is -0.909. The smallest absolute Gasteiger partial charge is 0.269 e. The van der Waals surface area contributed by atoms with Crippen molar-refractivity contribution in [1.82, 2.24) is 9.97 Å². The normalized spacial score (nSPS) is 9.33. The highest BCUT2D eigenvalue weighted by atomic mass is 16.1. The Labute approximate surface area is 51.1 Å². The quantitative estimate of drug-likeness (QED) is 0.456. The van der Waals surface area contributed by atoms with Gasteiger partial charge in [-0.2, -0.15) is 0 Å². The molecule has 1 amide bonds. The van der Waals surface area contributed by atoms with E-state index in [0.717, 1.165) is 0 Å². The van der Waals surface area contributed by atoms with E-state index in [2.05, 4.69) is 9.97 Å². The van der Waals surface area contributed by atoms with Crippen LogP contribution in [0, 0.1) is 0 Å². The van der Waals surface area contributed by atoms with E-state index in [1.807, 2.05) is 0 Å². The van der Waals surface area contributed by atoms with Crippen LogP contribution in [0.15, 0.2) is 6.33 Å². The molecule has 5 nitrogen and oxygen atoms in total. The summed E-state index contributed by atoms with van der Waals surface area (Å²) in [5.74, 6) is -0.451. The number of nitrogens with zero attached hydrogens (tertiary/aromatic N) is 1. The Morgan fingerprint density at radius 3 is 2.67 bits per heavy atom. The summed E-state index contributed by atoms with van der Waals surface area (Å²) in [4.78, 5) is 16.4. The Morgan fingerprint density at radius 1 is 1.78 bits per heavy atom. The number of carbonyl (C=O) groups excluding carboxylic acids is 1. The topological polar surface area (TPSA) is 97.8 Å². The molecule has 5 heteroatoms. The number of anilines is 1. The van der Waals surface area contributed by atoms with E-state index in [-0.39, 0.29) is 11.5 Å². The number of rotatable bonds is 1. The maximum Gasteiger partial charge on any atom is 0.269 e. The van der Waals surface area contributed by atoms with Gasteiger partial charge in [0.25, 0.3) is 5.91 Å². The van der Waals surface area contributed by atoms with E-state index in [1.54, 1.807) is 0 Å². The van der Waals surface area contributed by atoms with Gasteiger partial charge in [-0.3, -0.25) is 4.79 Å². The molecule has 0 aliphatic rings. The first-order valence-electron chi connectivity index (χ1n) is 2.30. The van der Waals surface area contributed by atoms with Gasteiger partial charge in [-0.05, 0) is 0 Å². The highest BCUT2D eigenvalue weighted by molar-refractivity contribution is 5.94. The fourth-order valence-electron chi connectivity index (χ4n) is 0.502. The van der Waals surface area contributed by atoms with Crippen molar-refractivity contribution in [2.75, 3.05) is 5.73 Å². The van der Waals surface area contributed by atoms with Crippen LogP contribution in [0.1, 0.15) is 10.5 Å². The van der Waals surface area contributed by atoms with E-state index >= 15 is 0 Å². The zero-order chi connectivity index (χ0) is 6.85. The molecule has 9 heavy (non-hydrogen) atoms. The number of imidazole rings is 1. The zero-order valence-corrected chi connectivity index (χ0v) is 4.59. The first kappa shape index (κ1) is 5.61. The molecule has 1 heterocycles. The lowest BCUT2D eigenvalue weighted by molar-refractivity contribution is 0.0997. The van der Waals surface area contributed by atoms with Crippen molar-refractivity contribution in [3.05, 3.63) is 12.0 Å². The number of carbonyl (C=O) groups is 1. The number of H-pyrrole nitrogens is 1. The third-order valence-corrected chi connectivity index (χ3v) is 0.915. The molecule has 0 unspecified atom stereocenters. The van der Waals surface area contributed by atoms with Gasteiger partial charge in [0.1, 0.15) is 5.69 Å². The van der Waals surface area contributed by atoms with Gasteiger partial charge in [0.05, 0.1) is 6.33 Å². The Bertz CT molecular complexity index is 228. The van der Waals surface area contributed by atoms with Crippen LogP contribution in [0.25, 0.3) is 0 Å². The molecule has 0 fully saturated rings. The van der Waals surface area contributed by atoms with Crippen LogP contribution in [0.4, 0.5) is 5.82 Å². The molecule has 0 bridgehead atoms. The standard InChI is InChI=1S/C4H6N4O/c5-3-2(4(6)9)7-1-8-3/h1H,5H2,(H2,6,9)(H,7,8)/i1+2. The van der Waals surface area contributed by atoms with Crippen LogP contribution in [0.5, 0.6) is 0 Å². The number of primary amides is 1. The molecule has 1 aromatic heterocycles. The van der Waals surface area contributed by atoms with Crippen LogP contribution in [0.2, 0.25) is 0 Å². The van der Waals surface area contributed by atoms with Crippen LogP contribution >= 0.6 is 0 Å². The minimum atomic E-state index is -0.593. The van der Waals surface area contributed by atoms with Gasteiger partial charge in [0.2, 0.25) is 0 Å². The van der Waals surface area contributed by atoms with E-state index in [4.69, 9.17) is 11.5 Å².